The second-order valence-corrected chi connectivity index (χ2v) is 4.54. The molecule has 86 valence electrons. The molecule has 0 aromatic heterocycles. The summed E-state index contributed by atoms with van der Waals surface area (Å²) < 4.78 is 0. The van der Waals surface area contributed by atoms with Crippen LogP contribution in [0.15, 0.2) is 30.3 Å². The first-order valence-electron chi connectivity index (χ1n) is 5.65. The van der Waals surface area contributed by atoms with Crippen LogP contribution in [-0.4, -0.2) is 36.1 Å². The van der Waals surface area contributed by atoms with Gasteiger partial charge < -0.3 is 10.0 Å². The number of carbonyl (C=O) groups is 1. The molecule has 1 aromatic carbocycles. The highest BCUT2D eigenvalue weighted by atomic mass is 16.4. The molecule has 1 saturated heterocycles. The molecule has 1 aliphatic heterocycles. The summed E-state index contributed by atoms with van der Waals surface area (Å²) in [5, 5.41) is 9.35. The Hall–Kier alpha value is -1.35. The predicted molar refractivity (Wildman–Crippen MR) is 62.4 cm³/mol. The van der Waals surface area contributed by atoms with Crippen molar-refractivity contribution in [3.8, 4) is 0 Å². The quantitative estimate of drug-likeness (QED) is 0.842. The Morgan fingerprint density at radius 1 is 1.44 bits per heavy atom. The maximum Gasteiger partial charge on any atom is 0.311 e. The number of hydrogen-bond acceptors (Lipinski definition) is 2. The summed E-state index contributed by atoms with van der Waals surface area (Å²) in [7, 11) is 2.05. The van der Waals surface area contributed by atoms with Crippen molar-refractivity contribution < 1.29 is 9.90 Å². The normalized spacial score (nSPS) is 23.2. The van der Waals surface area contributed by atoms with Crippen LogP contribution in [0, 0.1) is 5.92 Å². The Kier molecular flexibility index (Phi) is 3.25. The van der Waals surface area contributed by atoms with E-state index in [2.05, 4.69) is 4.90 Å². The summed E-state index contributed by atoms with van der Waals surface area (Å²) in [6.07, 6.45) is 0.975. The SMILES string of the molecule is CN1CCC(C(C(=O)O)c2ccccc2)C1. The smallest absolute Gasteiger partial charge is 0.311 e. The first-order valence-corrected chi connectivity index (χ1v) is 5.65. The van der Waals surface area contributed by atoms with Crippen molar-refractivity contribution in [2.75, 3.05) is 20.1 Å². The largest absolute Gasteiger partial charge is 0.481 e. The average Bonchev–Trinajstić information content (AvgIpc) is 2.66. The van der Waals surface area contributed by atoms with E-state index in [1.807, 2.05) is 37.4 Å². The summed E-state index contributed by atoms with van der Waals surface area (Å²) in [5.74, 6) is -0.817. The zero-order valence-corrected chi connectivity index (χ0v) is 9.47. The van der Waals surface area contributed by atoms with E-state index in [0.29, 0.717) is 0 Å². The van der Waals surface area contributed by atoms with E-state index < -0.39 is 5.97 Å². The maximum atomic E-state index is 11.4. The molecule has 0 amide bonds. The number of aliphatic carboxylic acids is 1. The molecule has 3 nitrogen and oxygen atoms in total. The van der Waals surface area contributed by atoms with Gasteiger partial charge in [-0.25, -0.2) is 0 Å². The highest BCUT2D eigenvalue weighted by molar-refractivity contribution is 5.76. The number of nitrogens with zero attached hydrogens (tertiary/aromatic N) is 1. The van der Waals surface area contributed by atoms with Gasteiger partial charge in [-0.1, -0.05) is 30.3 Å². The molecule has 16 heavy (non-hydrogen) atoms. The van der Waals surface area contributed by atoms with Gasteiger partial charge in [-0.3, -0.25) is 4.79 Å². The molecule has 1 heterocycles. The molecule has 1 N–H and O–H groups in total. The molecule has 1 aliphatic rings. The van der Waals surface area contributed by atoms with E-state index in [-0.39, 0.29) is 11.8 Å². The average molecular weight is 219 g/mol. The van der Waals surface area contributed by atoms with E-state index in [1.54, 1.807) is 0 Å². The predicted octanol–water partition coefficient (Wildman–Crippen LogP) is 1.81. The summed E-state index contributed by atoms with van der Waals surface area (Å²) in [5.41, 5.74) is 0.926. The van der Waals surface area contributed by atoms with Crippen molar-refractivity contribution in [1.82, 2.24) is 4.90 Å². The minimum atomic E-state index is -0.702. The van der Waals surface area contributed by atoms with Gasteiger partial charge >= 0.3 is 5.97 Å². The molecule has 1 fully saturated rings. The van der Waals surface area contributed by atoms with E-state index in [0.717, 1.165) is 25.1 Å². The van der Waals surface area contributed by atoms with Crippen molar-refractivity contribution in [3.05, 3.63) is 35.9 Å². The molecule has 2 unspecified atom stereocenters. The molecule has 0 spiro atoms. The summed E-state index contributed by atoms with van der Waals surface area (Å²) in [4.78, 5) is 13.6. The van der Waals surface area contributed by atoms with Crippen molar-refractivity contribution >= 4 is 5.97 Å². The van der Waals surface area contributed by atoms with Gasteiger partial charge in [-0.2, -0.15) is 0 Å². The highest BCUT2D eigenvalue weighted by Gasteiger charge is 2.33. The lowest BCUT2D eigenvalue weighted by molar-refractivity contribution is -0.140. The van der Waals surface area contributed by atoms with Crippen LogP contribution in [0.25, 0.3) is 0 Å². The van der Waals surface area contributed by atoms with Crippen LogP contribution in [-0.2, 0) is 4.79 Å². The molecule has 0 bridgehead atoms. The van der Waals surface area contributed by atoms with Crippen molar-refractivity contribution in [3.63, 3.8) is 0 Å². The second-order valence-electron chi connectivity index (χ2n) is 4.54. The molecule has 1 aromatic rings. The number of benzene rings is 1. The van der Waals surface area contributed by atoms with Crippen LogP contribution < -0.4 is 0 Å². The van der Waals surface area contributed by atoms with E-state index in [4.69, 9.17) is 0 Å². The second kappa shape index (κ2) is 4.66. The summed E-state index contributed by atoms with van der Waals surface area (Å²) in [6.45, 7) is 1.88. The van der Waals surface area contributed by atoms with Crippen LogP contribution in [0.5, 0.6) is 0 Å². The number of rotatable bonds is 3. The topological polar surface area (TPSA) is 40.5 Å². The first kappa shape index (κ1) is 11.1. The molecule has 3 heteroatoms. The van der Waals surface area contributed by atoms with Gasteiger partial charge in [0.25, 0.3) is 0 Å². The molecular formula is C13H17NO2. The lowest BCUT2D eigenvalue weighted by Gasteiger charge is -2.19. The first-order chi connectivity index (χ1) is 7.68. The van der Waals surface area contributed by atoms with Gasteiger partial charge in [0.2, 0.25) is 0 Å². The number of carboxylic acids is 1. The lowest BCUT2D eigenvalue weighted by atomic mass is 9.85. The zero-order valence-electron chi connectivity index (χ0n) is 9.47. The summed E-state index contributed by atoms with van der Waals surface area (Å²) >= 11 is 0. The van der Waals surface area contributed by atoms with Crippen LogP contribution in [0.2, 0.25) is 0 Å². The Labute approximate surface area is 95.7 Å². The van der Waals surface area contributed by atoms with Gasteiger partial charge in [0.15, 0.2) is 0 Å². The fourth-order valence-electron chi connectivity index (χ4n) is 2.52. The maximum absolute atomic E-state index is 11.4. The van der Waals surface area contributed by atoms with E-state index >= 15 is 0 Å². The summed E-state index contributed by atoms with van der Waals surface area (Å²) in [6, 6.07) is 9.56. The molecular weight excluding hydrogens is 202 g/mol. The third-order valence-electron chi connectivity index (χ3n) is 3.32. The Morgan fingerprint density at radius 2 is 2.12 bits per heavy atom. The fraction of sp³-hybridized carbons (Fsp3) is 0.462. The Morgan fingerprint density at radius 3 is 2.62 bits per heavy atom. The Bertz CT molecular complexity index is 363. The van der Waals surface area contributed by atoms with Crippen molar-refractivity contribution in [1.29, 1.82) is 0 Å². The highest BCUT2D eigenvalue weighted by Crippen LogP contribution is 2.31. The molecule has 0 saturated carbocycles. The third-order valence-corrected chi connectivity index (χ3v) is 3.32. The molecule has 2 atom stereocenters. The molecule has 0 aliphatic carbocycles. The minimum absolute atomic E-state index is 0.241. The standard InChI is InChI=1S/C13H17NO2/c1-14-8-7-11(9-14)12(13(15)16)10-5-3-2-4-6-10/h2-6,11-12H,7-9H2,1H3,(H,15,16). The lowest BCUT2D eigenvalue weighted by Crippen LogP contribution is -2.24. The zero-order chi connectivity index (χ0) is 11.5. The van der Waals surface area contributed by atoms with Gasteiger partial charge in [0.1, 0.15) is 0 Å². The van der Waals surface area contributed by atoms with Crippen LogP contribution in [0.1, 0.15) is 17.9 Å². The van der Waals surface area contributed by atoms with Crippen LogP contribution in [0.4, 0.5) is 0 Å². The molecule has 2 rings (SSSR count). The van der Waals surface area contributed by atoms with Gasteiger partial charge in [-0.05, 0) is 31.5 Å². The number of likely N-dealkylation sites (tertiary alicyclic amines) is 1. The monoisotopic (exact) mass is 219 g/mol. The third kappa shape index (κ3) is 2.25. The molecule has 0 radical (unpaired) electrons. The number of hydrogen-bond donors (Lipinski definition) is 1. The van der Waals surface area contributed by atoms with E-state index in [1.165, 1.54) is 0 Å². The van der Waals surface area contributed by atoms with Crippen molar-refractivity contribution in [2.45, 2.75) is 12.3 Å². The number of carboxylic acid groups (broad SMARTS) is 1. The minimum Gasteiger partial charge on any atom is -0.481 e. The van der Waals surface area contributed by atoms with Crippen LogP contribution >= 0.6 is 0 Å². The fourth-order valence-corrected chi connectivity index (χ4v) is 2.52. The van der Waals surface area contributed by atoms with E-state index in [9.17, 15) is 9.90 Å². The van der Waals surface area contributed by atoms with Gasteiger partial charge in [-0.15, -0.1) is 0 Å². The van der Waals surface area contributed by atoms with Gasteiger partial charge in [0.05, 0.1) is 5.92 Å². The van der Waals surface area contributed by atoms with Gasteiger partial charge in [0, 0.05) is 6.54 Å². The van der Waals surface area contributed by atoms with Crippen molar-refractivity contribution in [2.24, 2.45) is 5.92 Å². The Balaban J connectivity index is 2.21. The van der Waals surface area contributed by atoms with Crippen LogP contribution in [0.3, 0.4) is 0 Å².